The molecule has 2 fully saturated rings. The monoisotopic (exact) mass is 366 g/mol. The van der Waals surface area contributed by atoms with Gasteiger partial charge in [-0.3, -0.25) is 4.98 Å². The summed E-state index contributed by atoms with van der Waals surface area (Å²) in [5, 5.41) is 0. The number of aromatic nitrogens is 1. The minimum atomic E-state index is 0.592. The minimum Gasteiger partial charge on any atom is -0.496 e. The molecule has 2 aromatic rings. The Bertz CT molecular complexity index is 748. The van der Waals surface area contributed by atoms with Crippen LogP contribution in [0, 0.1) is 5.92 Å². The van der Waals surface area contributed by atoms with Gasteiger partial charge in [0.1, 0.15) is 11.5 Å². The Morgan fingerprint density at radius 3 is 2.48 bits per heavy atom. The summed E-state index contributed by atoms with van der Waals surface area (Å²) in [6.45, 7) is 3.68. The van der Waals surface area contributed by atoms with Crippen molar-refractivity contribution in [3.63, 3.8) is 0 Å². The third kappa shape index (κ3) is 3.96. The molecule has 1 atom stereocenters. The van der Waals surface area contributed by atoms with Gasteiger partial charge in [-0.2, -0.15) is 0 Å². The molecular formula is C23H30N2O2. The normalized spacial score (nSPS) is 20.9. The number of hydrogen-bond donors (Lipinski definition) is 0. The van der Waals surface area contributed by atoms with Crippen LogP contribution in [0.3, 0.4) is 0 Å². The molecule has 0 N–H and O–H groups in total. The Hall–Kier alpha value is -2.07. The highest BCUT2D eigenvalue weighted by Crippen LogP contribution is 2.39. The molecule has 1 aliphatic heterocycles. The molecule has 1 aromatic heterocycles. The number of nitrogens with zero attached hydrogens (tertiary/aromatic N) is 2. The van der Waals surface area contributed by atoms with Crippen LogP contribution in [0.15, 0.2) is 36.5 Å². The van der Waals surface area contributed by atoms with Crippen molar-refractivity contribution in [2.75, 3.05) is 33.9 Å². The van der Waals surface area contributed by atoms with E-state index in [1.807, 2.05) is 24.4 Å². The van der Waals surface area contributed by atoms with E-state index in [1.165, 1.54) is 57.3 Å². The van der Waals surface area contributed by atoms with Crippen LogP contribution in [0.25, 0.3) is 11.3 Å². The number of benzene rings is 1. The minimum absolute atomic E-state index is 0.592. The van der Waals surface area contributed by atoms with E-state index in [4.69, 9.17) is 9.47 Å². The summed E-state index contributed by atoms with van der Waals surface area (Å²) in [5.74, 6) is 3.12. The molecule has 4 heteroatoms. The molecular weight excluding hydrogens is 336 g/mol. The standard InChI is InChI=1S/C23H30N2O2/c1-26-21-8-5-9-22(27-2)23(21)20-14-18(10-12-24-20)19-11-13-25(16-19)15-17-6-3-4-7-17/h5,8-10,12,14,17,19H,3-4,6-7,11,13,15-16H2,1-2H3. The van der Waals surface area contributed by atoms with Crippen molar-refractivity contribution < 1.29 is 9.47 Å². The molecule has 4 rings (SSSR count). The Morgan fingerprint density at radius 2 is 1.78 bits per heavy atom. The average Bonchev–Trinajstić information content (AvgIpc) is 3.40. The van der Waals surface area contributed by atoms with Gasteiger partial charge in [0, 0.05) is 19.3 Å². The van der Waals surface area contributed by atoms with E-state index in [1.54, 1.807) is 14.2 Å². The SMILES string of the molecule is COc1cccc(OC)c1-c1cc(C2CCN(CC3CCCC3)C2)ccn1. The predicted molar refractivity (Wildman–Crippen MR) is 109 cm³/mol. The lowest BCUT2D eigenvalue weighted by Gasteiger charge is -2.20. The van der Waals surface area contributed by atoms with E-state index in [0.29, 0.717) is 5.92 Å². The highest BCUT2D eigenvalue weighted by atomic mass is 16.5. The first-order valence-electron chi connectivity index (χ1n) is 10.2. The second-order valence-electron chi connectivity index (χ2n) is 7.91. The van der Waals surface area contributed by atoms with Crippen LogP contribution in [0.4, 0.5) is 0 Å². The maximum atomic E-state index is 5.57. The second kappa shape index (κ2) is 8.30. The fourth-order valence-electron chi connectivity index (χ4n) is 4.77. The lowest BCUT2D eigenvalue weighted by atomic mass is 9.97. The second-order valence-corrected chi connectivity index (χ2v) is 7.91. The topological polar surface area (TPSA) is 34.6 Å². The first kappa shape index (κ1) is 18.3. The summed E-state index contributed by atoms with van der Waals surface area (Å²) in [6, 6.07) is 10.3. The van der Waals surface area contributed by atoms with Crippen LogP contribution >= 0.6 is 0 Å². The first-order valence-corrected chi connectivity index (χ1v) is 10.2. The van der Waals surface area contributed by atoms with E-state index < -0.39 is 0 Å². The maximum absolute atomic E-state index is 5.57. The fraction of sp³-hybridized carbons (Fsp3) is 0.522. The van der Waals surface area contributed by atoms with Crippen molar-refractivity contribution in [2.45, 2.75) is 38.0 Å². The van der Waals surface area contributed by atoms with Crippen LogP contribution < -0.4 is 9.47 Å². The van der Waals surface area contributed by atoms with Gasteiger partial charge in [0.05, 0.1) is 25.5 Å². The molecule has 0 amide bonds. The molecule has 0 bridgehead atoms. The number of methoxy groups -OCH3 is 2. The van der Waals surface area contributed by atoms with Gasteiger partial charge < -0.3 is 14.4 Å². The number of likely N-dealkylation sites (tertiary alicyclic amines) is 1. The molecule has 0 spiro atoms. The summed E-state index contributed by atoms with van der Waals surface area (Å²) in [4.78, 5) is 7.30. The Balaban J connectivity index is 1.53. The molecule has 1 unspecified atom stereocenters. The Kier molecular flexibility index (Phi) is 5.63. The van der Waals surface area contributed by atoms with Crippen LogP contribution in [-0.2, 0) is 0 Å². The predicted octanol–water partition coefficient (Wildman–Crippen LogP) is 4.75. The summed E-state index contributed by atoms with van der Waals surface area (Å²) in [6.07, 6.45) is 8.87. The van der Waals surface area contributed by atoms with Gasteiger partial charge in [-0.05, 0) is 67.5 Å². The van der Waals surface area contributed by atoms with E-state index in [2.05, 4.69) is 22.0 Å². The quantitative estimate of drug-likeness (QED) is 0.739. The van der Waals surface area contributed by atoms with Gasteiger partial charge in [0.25, 0.3) is 0 Å². The molecule has 2 heterocycles. The molecule has 1 aliphatic carbocycles. The van der Waals surface area contributed by atoms with Gasteiger partial charge in [0.15, 0.2) is 0 Å². The summed E-state index contributed by atoms with van der Waals surface area (Å²) in [5.41, 5.74) is 3.24. The maximum Gasteiger partial charge on any atom is 0.132 e. The molecule has 2 aliphatic rings. The zero-order chi connectivity index (χ0) is 18.6. The Labute approximate surface area is 162 Å². The number of ether oxygens (including phenoxy) is 2. The number of rotatable bonds is 6. The summed E-state index contributed by atoms with van der Waals surface area (Å²) < 4.78 is 11.1. The highest BCUT2D eigenvalue weighted by molar-refractivity contribution is 5.74. The zero-order valence-corrected chi connectivity index (χ0v) is 16.5. The molecule has 1 aromatic carbocycles. The van der Waals surface area contributed by atoms with Crippen LogP contribution in [0.5, 0.6) is 11.5 Å². The van der Waals surface area contributed by atoms with Crippen molar-refractivity contribution in [1.29, 1.82) is 0 Å². The Morgan fingerprint density at radius 1 is 1.04 bits per heavy atom. The van der Waals surface area contributed by atoms with Crippen molar-refractivity contribution in [1.82, 2.24) is 9.88 Å². The zero-order valence-electron chi connectivity index (χ0n) is 16.5. The van der Waals surface area contributed by atoms with Gasteiger partial charge >= 0.3 is 0 Å². The lowest BCUT2D eigenvalue weighted by molar-refractivity contribution is 0.277. The van der Waals surface area contributed by atoms with E-state index in [0.717, 1.165) is 28.7 Å². The van der Waals surface area contributed by atoms with Crippen LogP contribution in [-0.4, -0.2) is 43.7 Å². The van der Waals surface area contributed by atoms with Gasteiger partial charge in [-0.25, -0.2) is 0 Å². The number of pyridine rings is 1. The van der Waals surface area contributed by atoms with E-state index in [9.17, 15) is 0 Å². The van der Waals surface area contributed by atoms with Gasteiger partial charge in [-0.1, -0.05) is 18.9 Å². The van der Waals surface area contributed by atoms with E-state index in [-0.39, 0.29) is 0 Å². The smallest absolute Gasteiger partial charge is 0.132 e. The fourth-order valence-corrected chi connectivity index (χ4v) is 4.77. The first-order chi connectivity index (χ1) is 13.3. The van der Waals surface area contributed by atoms with Crippen molar-refractivity contribution >= 4 is 0 Å². The number of hydrogen-bond acceptors (Lipinski definition) is 4. The molecule has 4 nitrogen and oxygen atoms in total. The summed E-state index contributed by atoms with van der Waals surface area (Å²) in [7, 11) is 3.39. The molecule has 1 saturated carbocycles. The van der Waals surface area contributed by atoms with Crippen molar-refractivity contribution in [3.8, 4) is 22.8 Å². The van der Waals surface area contributed by atoms with Crippen LogP contribution in [0.1, 0.15) is 43.6 Å². The molecule has 144 valence electrons. The molecule has 27 heavy (non-hydrogen) atoms. The van der Waals surface area contributed by atoms with Crippen molar-refractivity contribution in [2.24, 2.45) is 5.92 Å². The third-order valence-corrected chi connectivity index (χ3v) is 6.20. The summed E-state index contributed by atoms with van der Waals surface area (Å²) >= 11 is 0. The van der Waals surface area contributed by atoms with Gasteiger partial charge in [-0.15, -0.1) is 0 Å². The third-order valence-electron chi connectivity index (χ3n) is 6.20. The van der Waals surface area contributed by atoms with Crippen LogP contribution in [0.2, 0.25) is 0 Å². The highest BCUT2D eigenvalue weighted by Gasteiger charge is 2.27. The van der Waals surface area contributed by atoms with Gasteiger partial charge in [0.2, 0.25) is 0 Å². The lowest BCUT2D eigenvalue weighted by Crippen LogP contribution is -2.26. The largest absolute Gasteiger partial charge is 0.496 e. The van der Waals surface area contributed by atoms with Crippen molar-refractivity contribution in [3.05, 3.63) is 42.1 Å². The molecule has 0 radical (unpaired) electrons. The average molecular weight is 367 g/mol. The molecule has 1 saturated heterocycles. The van der Waals surface area contributed by atoms with E-state index >= 15 is 0 Å².